The Morgan fingerprint density at radius 2 is 1.81 bits per heavy atom. The average molecular weight is 381 g/mol. The summed E-state index contributed by atoms with van der Waals surface area (Å²) in [6.07, 6.45) is 5.57. The van der Waals surface area contributed by atoms with E-state index in [9.17, 15) is 9.59 Å². The van der Waals surface area contributed by atoms with Crippen LogP contribution in [0.3, 0.4) is 0 Å². The van der Waals surface area contributed by atoms with E-state index in [2.05, 4.69) is 5.32 Å². The van der Waals surface area contributed by atoms with E-state index >= 15 is 0 Å². The number of nitrogens with one attached hydrogen (secondary N) is 1. The summed E-state index contributed by atoms with van der Waals surface area (Å²) in [5.74, 6) is 0.404. The molecule has 6 heteroatoms. The molecule has 1 amide bonds. The van der Waals surface area contributed by atoms with Gasteiger partial charge in [-0.2, -0.15) is 0 Å². The number of benzene rings is 1. The first-order valence-corrected chi connectivity index (χ1v) is 9.26. The molecule has 3 rings (SSSR count). The minimum absolute atomic E-state index is 0. The maximum atomic E-state index is 12.8. The van der Waals surface area contributed by atoms with Crippen LogP contribution < -0.4 is 11.1 Å². The van der Waals surface area contributed by atoms with Gasteiger partial charge in [0, 0.05) is 18.4 Å². The van der Waals surface area contributed by atoms with Gasteiger partial charge in [-0.3, -0.25) is 4.79 Å². The van der Waals surface area contributed by atoms with Crippen LogP contribution in [0.5, 0.6) is 0 Å². The lowest BCUT2D eigenvalue weighted by Crippen LogP contribution is -2.51. The number of methoxy groups -OCH3 is 1. The van der Waals surface area contributed by atoms with E-state index in [0.717, 1.165) is 31.2 Å². The highest BCUT2D eigenvalue weighted by Crippen LogP contribution is 2.41. The Morgan fingerprint density at radius 1 is 1.19 bits per heavy atom. The summed E-state index contributed by atoms with van der Waals surface area (Å²) in [7, 11) is 1.36. The number of hydrogen-bond donors (Lipinski definition) is 2. The highest BCUT2D eigenvalue weighted by molar-refractivity contribution is 5.86. The predicted molar refractivity (Wildman–Crippen MR) is 103 cm³/mol. The number of hydrogen-bond acceptors (Lipinski definition) is 4. The zero-order valence-electron chi connectivity index (χ0n) is 15.2. The lowest BCUT2D eigenvalue weighted by atomic mass is 9.65. The maximum Gasteiger partial charge on any atom is 0.328 e. The van der Waals surface area contributed by atoms with E-state index in [1.54, 1.807) is 0 Å². The van der Waals surface area contributed by atoms with E-state index in [1.807, 2.05) is 30.3 Å². The largest absolute Gasteiger partial charge is 0.467 e. The summed E-state index contributed by atoms with van der Waals surface area (Å²) in [5, 5.41) is 2.94. The third-order valence-electron chi connectivity index (χ3n) is 5.87. The number of nitrogens with two attached hydrogens (primary N) is 1. The van der Waals surface area contributed by atoms with E-state index in [-0.39, 0.29) is 30.3 Å². The summed E-state index contributed by atoms with van der Waals surface area (Å²) >= 11 is 0. The number of ether oxygens (including phenoxy) is 1. The molecule has 3 unspecified atom stereocenters. The molecule has 2 bridgehead atoms. The molecule has 3 atom stereocenters. The van der Waals surface area contributed by atoms with Crippen molar-refractivity contribution in [3.8, 4) is 0 Å². The van der Waals surface area contributed by atoms with Gasteiger partial charge in [0.15, 0.2) is 0 Å². The van der Waals surface area contributed by atoms with Crippen molar-refractivity contribution in [1.82, 2.24) is 5.32 Å². The molecule has 1 aromatic carbocycles. The van der Waals surface area contributed by atoms with Gasteiger partial charge in [0.05, 0.1) is 7.11 Å². The fraction of sp³-hybridized carbons (Fsp3) is 0.600. The molecule has 26 heavy (non-hydrogen) atoms. The number of carbonyl (C=O) groups excluding carboxylic acids is 2. The average Bonchev–Trinajstić information content (AvgIpc) is 2.61. The molecule has 5 nitrogen and oxygen atoms in total. The predicted octanol–water partition coefficient (Wildman–Crippen LogP) is 2.46. The summed E-state index contributed by atoms with van der Waals surface area (Å²) in [5.41, 5.74) is 7.31. The van der Waals surface area contributed by atoms with Gasteiger partial charge in [0.1, 0.15) is 6.04 Å². The highest BCUT2D eigenvalue weighted by Gasteiger charge is 2.41. The Morgan fingerprint density at radius 3 is 2.38 bits per heavy atom. The van der Waals surface area contributed by atoms with Gasteiger partial charge in [-0.05, 0) is 43.1 Å². The number of fused-ring (bicyclic) bond motifs is 2. The molecule has 0 aromatic heterocycles. The van der Waals surface area contributed by atoms with Crippen LogP contribution in [-0.2, 0) is 20.7 Å². The first-order chi connectivity index (χ1) is 12.1. The number of amides is 1. The fourth-order valence-electron chi connectivity index (χ4n) is 4.48. The molecule has 0 radical (unpaired) electrons. The summed E-state index contributed by atoms with van der Waals surface area (Å²) in [6, 6.07) is 9.27. The number of esters is 1. The molecule has 3 N–H and O–H groups in total. The third kappa shape index (κ3) is 4.77. The lowest BCUT2D eigenvalue weighted by molar-refractivity contribution is -0.146. The summed E-state index contributed by atoms with van der Waals surface area (Å²) in [4.78, 5) is 24.9. The second-order valence-electron chi connectivity index (χ2n) is 7.47. The van der Waals surface area contributed by atoms with E-state index in [4.69, 9.17) is 10.5 Å². The second-order valence-corrected chi connectivity index (χ2v) is 7.47. The molecule has 2 fully saturated rings. The minimum Gasteiger partial charge on any atom is -0.467 e. The molecule has 2 aliphatic carbocycles. The van der Waals surface area contributed by atoms with Gasteiger partial charge < -0.3 is 15.8 Å². The Balaban J connectivity index is 0.00000243. The highest BCUT2D eigenvalue weighted by atomic mass is 35.5. The van der Waals surface area contributed by atoms with Crippen LogP contribution >= 0.6 is 12.4 Å². The standard InChI is InChI=1S/C20H28N2O3.ClH/c1-25-20(24)17(10-13-6-3-2-4-7-13)22-19(23)16-11-14-8-5-9-15(12-16)18(14)21;/h2-4,6-7,14-18H,5,8-12,21H2,1H3,(H,22,23);1H. The Hall–Kier alpha value is -1.59. The molecule has 1 aromatic rings. The Labute approximate surface area is 161 Å². The zero-order chi connectivity index (χ0) is 17.8. The Kier molecular flexibility index (Phi) is 7.47. The van der Waals surface area contributed by atoms with Gasteiger partial charge in [0.25, 0.3) is 0 Å². The van der Waals surface area contributed by atoms with Crippen LogP contribution in [0.15, 0.2) is 30.3 Å². The molecule has 0 spiro atoms. The SMILES string of the molecule is COC(=O)C(Cc1ccccc1)NC(=O)C1CC2CCCC(C1)C2N.Cl. The van der Waals surface area contributed by atoms with Crippen molar-refractivity contribution in [2.24, 2.45) is 23.5 Å². The van der Waals surface area contributed by atoms with Crippen molar-refractivity contribution in [3.63, 3.8) is 0 Å². The van der Waals surface area contributed by atoms with Crippen LogP contribution in [0.4, 0.5) is 0 Å². The molecular formula is C20H29ClN2O3. The van der Waals surface area contributed by atoms with Crippen molar-refractivity contribution in [2.75, 3.05) is 7.11 Å². The second kappa shape index (κ2) is 9.38. The van der Waals surface area contributed by atoms with Gasteiger partial charge in [-0.25, -0.2) is 4.79 Å². The molecule has 0 saturated heterocycles. The van der Waals surface area contributed by atoms with E-state index < -0.39 is 12.0 Å². The van der Waals surface area contributed by atoms with Crippen molar-refractivity contribution in [3.05, 3.63) is 35.9 Å². The molecule has 2 saturated carbocycles. The lowest BCUT2D eigenvalue weighted by Gasteiger charge is -2.43. The molecule has 0 heterocycles. The summed E-state index contributed by atoms with van der Waals surface area (Å²) < 4.78 is 4.89. The first-order valence-electron chi connectivity index (χ1n) is 9.26. The zero-order valence-corrected chi connectivity index (χ0v) is 16.0. The van der Waals surface area contributed by atoms with Gasteiger partial charge in [-0.15, -0.1) is 12.4 Å². The van der Waals surface area contributed by atoms with Crippen LogP contribution in [0.1, 0.15) is 37.7 Å². The van der Waals surface area contributed by atoms with Crippen molar-refractivity contribution >= 4 is 24.3 Å². The monoisotopic (exact) mass is 380 g/mol. The molecule has 144 valence electrons. The van der Waals surface area contributed by atoms with Crippen LogP contribution in [0.2, 0.25) is 0 Å². The fourth-order valence-corrected chi connectivity index (χ4v) is 4.48. The van der Waals surface area contributed by atoms with Crippen molar-refractivity contribution < 1.29 is 14.3 Å². The minimum atomic E-state index is -0.643. The quantitative estimate of drug-likeness (QED) is 0.769. The van der Waals surface area contributed by atoms with Gasteiger partial charge in [-0.1, -0.05) is 36.8 Å². The molecule has 0 aliphatic heterocycles. The normalized spacial score (nSPS) is 28.4. The van der Waals surface area contributed by atoms with Crippen LogP contribution in [-0.4, -0.2) is 31.1 Å². The van der Waals surface area contributed by atoms with Gasteiger partial charge >= 0.3 is 5.97 Å². The molecular weight excluding hydrogens is 352 g/mol. The van der Waals surface area contributed by atoms with E-state index in [0.29, 0.717) is 18.3 Å². The maximum absolute atomic E-state index is 12.8. The Bertz CT molecular complexity index is 596. The number of carbonyl (C=O) groups is 2. The number of rotatable bonds is 5. The number of halogens is 1. The summed E-state index contributed by atoms with van der Waals surface area (Å²) in [6.45, 7) is 0. The van der Waals surface area contributed by atoms with Crippen molar-refractivity contribution in [1.29, 1.82) is 0 Å². The van der Waals surface area contributed by atoms with E-state index in [1.165, 1.54) is 13.5 Å². The van der Waals surface area contributed by atoms with Gasteiger partial charge in [0.2, 0.25) is 5.91 Å². The first kappa shape index (κ1) is 20.7. The van der Waals surface area contributed by atoms with Crippen LogP contribution in [0, 0.1) is 17.8 Å². The third-order valence-corrected chi connectivity index (χ3v) is 5.87. The smallest absolute Gasteiger partial charge is 0.328 e. The van der Waals surface area contributed by atoms with Crippen molar-refractivity contribution in [2.45, 2.75) is 50.6 Å². The van der Waals surface area contributed by atoms with Crippen LogP contribution in [0.25, 0.3) is 0 Å². The molecule has 2 aliphatic rings. The topological polar surface area (TPSA) is 81.4 Å².